The Kier molecular flexibility index (Phi) is 4.03. The molecule has 0 aromatic rings. The van der Waals surface area contributed by atoms with Crippen LogP contribution >= 0.6 is 15.9 Å². The monoisotopic (exact) mass is 287 g/mol. The van der Waals surface area contributed by atoms with Crippen LogP contribution < -0.4 is 0 Å². The number of alkyl halides is 4. The molecular formula is C9H13BrF3NO. The number of piperidine rings is 1. The minimum absolute atomic E-state index is 0.0228. The van der Waals surface area contributed by atoms with Crippen molar-refractivity contribution in [2.45, 2.75) is 30.8 Å². The van der Waals surface area contributed by atoms with Gasteiger partial charge in [-0.1, -0.05) is 15.9 Å². The van der Waals surface area contributed by atoms with Crippen LogP contribution in [-0.4, -0.2) is 34.9 Å². The molecule has 0 radical (unpaired) electrons. The van der Waals surface area contributed by atoms with Crippen molar-refractivity contribution >= 4 is 21.8 Å². The largest absolute Gasteiger partial charge is 0.391 e. The first kappa shape index (κ1) is 12.8. The minimum atomic E-state index is -4.12. The number of carbonyl (C=O) groups excluding carboxylic acids is 1. The predicted molar refractivity (Wildman–Crippen MR) is 53.7 cm³/mol. The SMILES string of the molecule is CC(Br)C(=O)N1CCC(C(F)(F)F)CC1. The van der Waals surface area contributed by atoms with Crippen molar-refractivity contribution in [2.24, 2.45) is 5.92 Å². The highest BCUT2D eigenvalue weighted by molar-refractivity contribution is 9.10. The summed E-state index contributed by atoms with van der Waals surface area (Å²) >= 11 is 3.12. The van der Waals surface area contributed by atoms with E-state index in [0.29, 0.717) is 0 Å². The molecule has 1 aliphatic heterocycles. The van der Waals surface area contributed by atoms with Gasteiger partial charge >= 0.3 is 6.18 Å². The maximum absolute atomic E-state index is 12.3. The van der Waals surface area contributed by atoms with E-state index in [4.69, 9.17) is 0 Å². The van der Waals surface area contributed by atoms with Crippen LogP contribution in [0.5, 0.6) is 0 Å². The minimum Gasteiger partial charge on any atom is -0.342 e. The molecule has 1 unspecified atom stereocenters. The zero-order valence-electron chi connectivity index (χ0n) is 8.35. The van der Waals surface area contributed by atoms with Gasteiger partial charge in [-0.2, -0.15) is 13.2 Å². The third-order valence-corrected chi connectivity index (χ3v) is 3.00. The molecule has 0 N–H and O–H groups in total. The Balaban J connectivity index is 2.46. The topological polar surface area (TPSA) is 20.3 Å². The lowest BCUT2D eigenvalue weighted by atomic mass is 9.96. The van der Waals surface area contributed by atoms with Crippen LogP contribution in [0.25, 0.3) is 0 Å². The van der Waals surface area contributed by atoms with E-state index < -0.39 is 12.1 Å². The summed E-state index contributed by atoms with van der Waals surface area (Å²) in [7, 11) is 0. The van der Waals surface area contributed by atoms with Crippen molar-refractivity contribution in [1.29, 1.82) is 0 Å². The van der Waals surface area contributed by atoms with Crippen LogP contribution in [0.3, 0.4) is 0 Å². The van der Waals surface area contributed by atoms with Gasteiger partial charge in [0.2, 0.25) is 5.91 Å². The van der Waals surface area contributed by atoms with Gasteiger partial charge in [-0.15, -0.1) is 0 Å². The Bertz CT molecular complexity index is 234. The van der Waals surface area contributed by atoms with Crippen LogP contribution in [0.1, 0.15) is 19.8 Å². The van der Waals surface area contributed by atoms with Gasteiger partial charge in [0.05, 0.1) is 10.7 Å². The molecule has 1 atom stereocenters. The molecule has 1 fully saturated rings. The number of hydrogen-bond donors (Lipinski definition) is 0. The second-order valence-electron chi connectivity index (χ2n) is 3.76. The van der Waals surface area contributed by atoms with E-state index in [1.165, 1.54) is 4.90 Å². The van der Waals surface area contributed by atoms with Gasteiger partial charge in [-0.25, -0.2) is 0 Å². The second kappa shape index (κ2) is 4.72. The van der Waals surface area contributed by atoms with Crippen molar-refractivity contribution in [3.05, 3.63) is 0 Å². The Morgan fingerprint density at radius 2 is 1.87 bits per heavy atom. The molecule has 1 aliphatic rings. The number of likely N-dealkylation sites (tertiary alicyclic amines) is 1. The second-order valence-corrected chi connectivity index (χ2v) is 5.13. The highest BCUT2D eigenvalue weighted by Gasteiger charge is 2.41. The van der Waals surface area contributed by atoms with Gasteiger partial charge < -0.3 is 4.90 Å². The summed E-state index contributed by atoms with van der Waals surface area (Å²) in [6.07, 6.45) is -4.07. The zero-order valence-corrected chi connectivity index (χ0v) is 9.94. The first-order chi connectivity index (χ1) is 6.82. The van der Waals surface area contributed by atoms with Crippen molar-refractivity contribution in [3.8, 4) is 0 Å². The molecule has 15 heavy (non-hydrogen) atoms. The fraction of sp³-hybridized carbons (Fsp3) is 0.889. The van der Waals surface area contributed by atoms with Crippen LogP contribution in [0, 0.1) is 5.92 Å². The van der Waals surface area contributed by atoms with E-state index in [0.717, 1.165) is 0 Å². The van der Waals surface area contributed by atoms with Gasteiger partial charge in [0.25, 0.3) is 0 Å². The number of hydrogen-bond acceptors (Lipinski definition) is 1. The van der Waals surface area contributed by atoms with Gasteiger partial charge in [0.1, 0.15) is 0 Å². The first-order valence-corrected chi connectivity index (χ1v) is 5.73. The highest BCUT2D eigenvalue weighted by Crippen LogP contribution is 2.34. The van der Waals surface area contributed by atoms with Gasteiger partial charge in [-0.05, 0) is 19.8 Å². The van der Waals surface area contributed by atoms with Crippen LogP contribution in [0.2, 0.25) is 0 Å². The lowest BCUT2D eigenvalue weighted by Gasteiger charge is -2.33. The number of carbonyl (C=O) groups is 1. The maximum Gasteiger partial charge on any atom is 0.391 e. The summed E-state index contributed by atoms with van der Waals surface area (Å²) in [5.41, 5.74) is 0. The van der Waals surface area contributed by atoms with E-state index in [1.54, 1.807) is 6.92 Å². The molecule has 1 amide bonds. The summed E-state index contributed by atoms with van der Waals surface area (Å²) in [5.74, 6) is -1.37. The fourth-order valence-electron chi connectivity index (χ4n) is 1.68. The lowest BCUT2D eigenvalue weighted by molar-refractivity contribution is -0.186. The summed E-state index contributed by atoms with van der Waals surface area (Å²) < 4.78 is 36.9. The van der Waals surface area contributed by atoms with E-state index in [-0.39, 0.29) is 36.7 Å². The quantitative estimate of drug-likeness (QED) is 0.679. The number of amides is 1. The molecular weight excluding hydrogens is 275 g/mol. The smallest absolute Gasteiger partial charge is 0.342 e. The van der Waals surface area contributed by atoms with E-state index in [2.05, 4.69) is 15.9 Å². The van der Waals surface area contributed by atoms with Gasteiger partial charge in [-0.3, -0.25) is 4.79 Å². The third-order valence-electron chi connectivity index (χ3n) is 2.61. The first-order valence-electron chi connectivity index (χ1n) is 4.82. The van der Waals surface area contributed by atoms with Gasteiger partial charge in [0, 0.05) is 13.1 Å². The molecule has 1 rings (SSSR count). The molecule has 2 nitrogen and oxygen atoms in total. The average molecular weight is 288 g/mol. The maximum atomic E-state index is 12.3. The van der Waals surface area contributed by atoms with Gasteiger partial charge in [0.15, 0.2) is 0 Å². The number of rotatable bonds is 1. The fourth-order valence-corrected chi connectivity index (χ4v) is 1.97. The van der Waals surface area contributed by atoms with Crippen molar-refractivity contribution in [3.63, 3.8) is 0 Å². The highest BCUT2D eigenvalue weighted by atomic mass is 79.9. The summed E-state index contributed by atoms with van der Waals surface area (Å²) in [6, 6.07) is 0. The van der Waals surface area contributed by atoms with E-state index in [9.17, 15) is 18.0 Å². The summed E-state index contributed by atoms with van der Waals surface area (Å²) in [4.78, 5) is 12.6. The summed E-state index contributed by atoms with van der Waals surface area (Å²) in [6.45, 7) is 2.09. The molecule has 0 aliphatic carbocycles. The molecule has 0 saturated carbocycles. The third kappa shape index (κ3) is 3.36. The Morgan fingerprint density at radius 1 is 1.40 bits per heavy atom. The van der Waals surface area contributed by atoms with E-state index in [1.807, 2.05) is 0 Å². The van der Waals surface area contributed by atoms with Crippen LogP contribution in [0.15, 0.2) is 0 Å². The standard InChI is InChI=1S/C9H13BrF3NO/c1-6(10)8(15)14-4-2-7(3-5-14)9(11,12)13/h6-7H,2-5H2,1H3. The Hall–Kier alpha value is -0.260. The Morgan fingerprint density at radius 3 is 2.20 bits per heavy atom. The molecule has 0 aromatic carbocycles. The summed E-state index contributed by atoms with van der Waals surface area (Å²) in [5, 5.41) is 0. The molecule has 0 spiro atoms. The van der Waals surface area contributed by atoms with E-state index >= 15 is 0 Å². The molecule has 0 bridgehead atoms. The average Bonchev–Trinajstić information content (AvgIpc) is 2.15. The molecule has 88 valence electrons. The molecule has 0 aromatic heterocycles. The number of nitrogens with zero attached hydrogens (tertiary/aromatic N) is 1. The van der Waals surface area contributed by atoms with Crippen LogP contribution in [0.4, 0.5) is 13.2 Å². The van der Waals surface area contributed by atoms with Crippen LogP contribution in [-0.2, 0) is 4.79 Å². The lowest BCUT2D eigenvalue weighted by Crippen LogP contribution is -2.44. The van der Waals surface area contributed by atoms with Crippen molar-refractivity contribution in [2.75, 3.05) is 13.1 Å². The van der Waals surface area contributed by atoms with Crippen molar-refractivity contribution in [1.82, 2.24) is 4.90 Å². The normalized spacial score (nSPS) is 21.5. The van der Waals surface area contributed by atoms with Crippen molar-refractivity contribution < 1.29 is 18.0 Å². The molecule has 1 heterocycles. The molecule has 6 heteroatoms. The zero-order chi connectivity index (χ0) is 11.6. The number of halogens is 4. The Labute approximate surface area is 94.9 Å². The molecule has 1 saturated heterocycles. The predicted octanol–water partition coefficient (Wildman–Crippen LogP) is 2.57.